The van der Waals surface area contributed by atoms with Crippen molar-refractivity contribution in [2.45, 2.75) is 0 Å². The summed E-state index contributed by atoms with van der Waals surface area (Å²) in [6.07, 6.45) is 0. The Morgan fingerprint density at radius 2 is 1.80 bits per heavy atom. The Labute approximate surface area is 71.6 Å². The third-order valence-corrected chi connectivity index (χ3v) is 2.62. The minimum absolute atomic E-state index is 0. The van der Waals surface area contributed by atoms with Gasteiger partial charge in [0.15, 0.2) is 0 Å². The topological polar surface area (TPSA) is 0 Å². The van der Waals surface area contributed by atoms with E-state index < -0.39 is 0 Å². The second-order valence-electron chi connectivity index (χ2n) is 0.309. The summed E-state index contributed by atoms with van der Waals surface area (Å²) in [4.78, 5) is 0. The van der Waals surface area contributed by atoms with Gasteiger partial charge in [-0.1, -0.05) is 0 Å². The van der Waals surface area contributed by atoms with E-state index in [2.05, 4.69) is 49.6 Å². The second kappa shape index (κ2) is 9.40. The molecule has 0 aromatic heterocycles. The summed E-state index contributed by atoms with van der Waals surface area (Å²) in [5.74, 6) is 0. The van der Waals surface area contributed by atoms with Gasteiger partial charge >= 0.3 is 0 Å². The Hall–Kier alpha value is 2.04. The molecule has 0 N–H and O–H groups in total. The van der Waals surface area contributed by atoms with Crippen LogP contribution in [0.25, 0.3) is 0 Å². The van der Waals surface area contributed by atoms with Gasteiger partial charge in [0, 0.05) is 18.6 Å². The van der Waals surface area contributed by atoms with Crippen LogP contribution in [0.1, 0.15) is 0 Å². The molecule has 0 atom stereocenters. The van der Waals surface area contributed by atoms with Gasteiger partial charge < -0.3 is 22.6 Å². The van der Waals surface area contributed by atoms with Crippen molar-refractivity contribution in [2.24, 2.45) is 0 Å². The second-order valence-corrected chi connectivity index (χ2v) is 2.07. The molecule has 0 aliphatic rings. The summed E-state index contributed by atoms with van der Waals surface area (Å²) in [5, 5.41) is 0. The quantitative estimate of drug-likeness (QED) is 0.392. The monoisotopic (exact) mass is 332 g/mol. The van der Waals surface area contributed by atoms with Gasteiger partial charge in [-0.25, -0.2) is 0 Å². The van der Waals surface area contributed by atoms with E-state index in [0.29, 0.717) is 0 Å². The fourth-order valence-corrected chi connectivity index (χ4v) is 0. The fraction of sp³-hybridized carbons (Fsp3) is 0.500. The van der Waals surface area contributed by atoms with Gasteiger partial charge in [-0.3, -0.25) is 4.43 Å². The molecular weight excluding hydrogens is 329 g/mol. The predicted molar refractivity (Wildman–Crippen MR) is 37.2 cm³/mol. The minimum Gasteiger partial charge on any atom is -0.315 e. The first-order valence-corrected chi connectivity index (χ1v) is 3.66. The molecule has 0 nitrogen and oxygen atoms in total. The van der Waals surface area contributed by atoms with Crippen LogP contribution in [0.2, 0.25) is 0 Å². The van der Waals surface area contributed by atoms with Crippen LogP contribution in [-0.2, 0) is 18.6 Å². The summed E-state index contributed by atoms with van der Waals surface area (Å²) in [6.45, 7) is 0. The number of rotatable bonds is 1. The summed E-state index contributed by atoms with van der Waals surface area (Å²) in [7, 11) is 0. The van der Waals surface area contributed by atoms with Crippen molar-refractivity contribution in [1.82, 2.24) is 0 Å². The molecule has 0 heterocycles. The van der Waals surface area contributed by atoms with E-state index in [4.69, 9.17) is 0 Å². The van der Waals surface area contributed by atoms with Crippen molar-refractivity contribution in [3.05, 3.63) is 4.43 Å². The van der Waals surface area contributed by atoms with Crippen LogP contribution in [0.3, 0.4) is 0 Å². The molecule has 0 rings (SSSR count). The Kier molecular flexibility index (Phi) is 19.0. The zero-order valence-electron chi connectivity index (χ0n) is 2.49. The molecule has 0 unspecified atom stereocenters. The molecule has 0 saturated heterocycles. The smallest absolute Gasteiger partial charge is 0 e. The Morgan fingerprint density at radius 1 is 1.60 bits per heavy atom. The van der Waals surface area contributed by atoms with Crippen molar-refractivity contribution in [3.63, 3.8) is 0 Å². The third-order valence-electron chi connectivity index (χ3n) is 0.0583. The predicted octanol–water partition coefficient (Wildman–Crippen LogP) is 2.02. The molecular formula is C2H3I2V-. The van der Waals surface area contributed by atoms with Gasteiger partial charge in [-0.2, -0.15) is 0 Å². The van der Waals surface area contributed by atoms with Crippen LogP contribution in [0.15, 0.2) is 0 Å². The van der Waals surface area contributed by atoms with E-state index in [1.165, 1.54) is 0 Å². The van der Waals surface area contributed by atoms with E-state index in [1.807, 2.05) is 0 Å². The summed E-state index contributed by atoms with van der Waals surface area (Å²) in [5.41, 5.74) is 0. The van der Waals surface area contributed by atoms with Gasteiger partial charge in [-0.15, -0.1) is 27.0 Å². The molecule has 1 radical (unpaired) electrons. The Balaban J connectivity index is 0. The van der Waals surface area contributed by atoms with E-state index in [0.717, 1.165) is 4.43 Å². The molecule has 0 aromatic rings. The van der Waals surface area contributed by atoms with Crippen LogP contribution in [0.5, 0.6) is 0 Å². The van der Waals surface area contributed by atoms with Crippen molar-refractivity contribution in [1.29, 1.82) is 0 Å². The van der Waals surface area contributed by atoms with Crippen molar-refractivity contribution in [2.75, 3.05) is 4.43 Å². The molecule has 3 heteroatoms. The number of hydrogen-bond acceptors (Lipinski definition) is 0. The molecule has 0 bridgehead atoms. The molecule has 0 aliphatic carbocycles. The number of alkyl halides is 1. The average Bonchev–Trinajstić information content (AvgIpc) is 1.37. The molecule has 0 aliphatic heterocycles. The first-order chi connectivity index (χ1) is 1.91. The molecule has 0 saturated carbocycles. The van der Waals surface area contributed by atoms with E-state index >= 15 is 0 Å². The molecule has 0 amide bonds. The zero-order valence-corrected chi connectivity index (χ0v) is 8.20. The van der Waals surface area contributed by atoms with Crippen LogP contribution in [-0.4, -0.2) is 4.43 Å². The molecule has 5 heavy (non-hydrogen) atoms. The molecule has 31 valence electrons. The zero-order chi connectivity index (χ0) is 3.41. The number of halogens is 2. The standard InChI is InChI=1S/C2H3I2.V/c3-1-2-4;/h1H,2H2;/q-1;. The largest absolute Gasteiger partial charge is 0.315 e. The first-order valence-electron chi connectivity index (χ1n) is 0.894. The van der Waals surface area contributed by atoms with Crippen molar-refractivity contribution >= 4 is 45.2 Å². The summed E-state index contributed by atoms with van der Waals surface area (Å²) in [6, 6.07) is 0. The normalized spacial score (nSPS) is 6.00. The van der Waals surface area contributed by atoms with Gasteiger partial charge in [0.05, 0.1) is 0 Å². The van der Waals surface area contributed by atoms with Crippen LogP contribution < -0.4 is 0 Å². The summed E-state index contributed by atoms with van der Waals surface area (Å²) >= 11 is 4.51. The van der Waals surface area contributed by atoms with E-state index in [-0.39, 0.29) is 18.6 Å². The van der Waals surface area contributed by atoms with Gasteiger partial charge in [0.2, 0.25) is 0 Å². The number of hydrogen-bond donors (Lipinski definition) is 0. The van der Waals surface area contributed by atoms with Crippen LogP contribution in [0, 0.1) is 4.43 Å². The van der Waals surface area contributed by atoms with Crippen molar-refractivity contribution in [3.8, 4) is 0 Å². The maximum absolute atomic E-state index is 2.29. The summed E-state index contributed by atoms with van der Waals surface area (Å²) < 4.78 is 3.23. The average molecular weight is 332 g/mol. The van der Waals surface area contributed by atoms with Gasteiger partial charge in [0.25, 0.3) is 0 Å². The maximum Gasteiger partial charge on any atom is 0 e. The fourth-order valence-electron chi connectivity index (χ4n) is 0. The Bertz CT molecular complexity index is 9.61. The first kappa shape index (κ1) is 10.1. The minimum atomic E-state index is 0. The molecule has 0 aromatic carbocycles. The van der Waals surface area contributed by atoms with Crippen molar-refractivity contribution < 1.29 is 18.6 Å². The third kappa shape index (κ3) is 10.7. The molecule has 0 fully saturated rings. The van der Waals surface area contributed by atoms with Crippen LogP contribution >= 0.6 is 45.2 Å². The van der Waals surface area contributed by atoms with E-state index in [9.17, 15) is 0 Å². The van der Waals surface area contributed by atoms with Gasteiger partial charge in [0.1, 0.15) is 0 Å². The molecule has 0 spiro atoms. The van der Waals surface area contributed by atoms with E-state index in [1.54, 1.807) is 0 Å². The SMILES string of the molecule is I[CH-]CI.[V]. The van der Waals surface area contributed by atoms with Gasteiger partial charge in [-0.05, 0) is 0 Å². The maximum atomic E-state index is 2.29. The van der Waals surface area contributed by atoms with Crippen LogP contribution in [0.4, 0.5) is 0 Å². The Morgan fingerprint density at radius 3 is 1.80 bits per heavy atom.